The van der Waals surface area contributed by atoms with Gasteiger partial charge in [-0.2, -0.15) is 25.2 Å². The minimum atomic E-state index is -3.70. The summed E-state index contributed by atoms with van der Waals surface area (Å²) in [4.78, 5) is 39.3. The molecule has 0 fully saturated rings. The van der Waals surface area contributed by atoms with Crippen molar-refractivity contribution in [3.05, 3.63) is 128 Å². The van der Waals surface area contributed by atoms with E-state index < -0.39 is 26.2 Å². The largest absolute Gasteiger partial charge is 1.00 e. The van der Waals surface area contributed by atoms with Crippen LogP contribution in [0, 0.1) is 23.2 Å². The molecule has 6 aromatic rings. The molecule has 0 bridgehead atoms. The second kappa shape index (κ2) is 19.8. The number of rotatable bonds is 9. The number of nitriles is 1. The third-order valence-electron chi connectivity index (χ3n) is 6.92. The van der Waals surface area contributed by atoms with Gasteiger partial charge in [0.15, 0.2) is 0 Å². The Morgan fingerprint density at radius 3 is 1.56 bits per heavy atom. The van der Waals surface area contributed by atoms with Crippen molar-refractivity contribution in [2.75, 3.05) is 6.26 Å². The van der Waals surface area contributed by atoms with Gasteiger partial charge in [0.25, 0.3) is 5.16 Å². The van der Waals surface area contributed by atoms with E-state index in [9.17, 15) is 18.0 Å². The number of benzene rings is 2. The summed E-state index contributed by atoms with van der Waals surface area (Å²) in [5.41, 5.74) is 2.09. The number of hydrogen-bond acceptors (Lipinski definition) is 14. The average molecular weight is 733 g/mol. The number of sulfone groups is 1. The van der Waals surface area contributed by atoms with Crippen LogP contribution in [0.4, 0.5) is 0 Å². The van der Waals surface area contributed by atoms with Crippen LogP contribution in [0.2, 0.25) is 0 Å². The van der Waals surface area contributed by atoms with E-state index in [0.29, 0.717) is 35.8 Å². The van der Waals surface area contributed by atoms with Gasteiger partial charge in [-0.25, -0.2) is 18.0 Å². The quantitative estimate of drug-likeness (QED) is 0.119. The van der Waals surface area contributed by atoms with Crippen molar-refractivity contribution in [3.8, 4) is 17.8 Å². The molecule has 0 amide bonds. The molecule has 4 heterocycles. The standard InChI is InChI=1S/C17H13N3O3.C17H16N2O5S.CN.CH4.Na/c1-2-12-8-14(21)23-17-15(12)16(19-13(9-18)20-17)22-10-11-6-4-3-5-7-11;1-3-12-9-13(20)24-16-14(12)15(18-17(19-16)25(2,21)22)23-10-11-7-5-4-6-8-11;1-2;;/h3-8H,2,10H2,1H3;4-9H,3,10H2,1-2H3;;1H4;/q;;-1;;+1. The van der Waals surface area contributed by atoms with Crippen LogP contribution in [-0.4, -0.2) is 34.6 Å². The maximum Gasteiger partial charge on any atom is 1.00 e. The number of fused-ring (bicyclic) bond motifs is 2. The Labute approximate surface area is 321 Å². The van der Waals surface area contributed by atoms with Gasteiger partial charge >= 0.3 is 40.8 Å². The fraction of sp³-hybridized carbons (Fsp3) is 0.222. The van der Waals surface area contributed by atoms with E-state index in [0.717, 1.165) is 22.9 Å². The third-order valence-corrected chi connectivity index (χ3v) is 7.76. The van der Waals surface area contributed by atoms with Gasteiger partial charge in [0.1, 0.15) is 30.1 Å². The van der Waals surface area contributed by atoms with Gasteiger partial charge in [-0.1, -0.05) is 81.9 Å². The molecule has 262 valence electrons. The predicted octanol–water partition coefficient (Wildman–Crippen LogP) is 2.46. The molecule has 0 radical (unpaired) electrons. The molecule has 14 nitrogen and oxygen atoms in total. The van der Waals surface area contributed by atoms with Crippen molar-refractivity contribution in [3.63, 3.8) is 0 Å². The molecule has 2 aromatic carbocycles. The number of aromatic nitrogens is 4. The summed E-state index contributed by atoms with van der Waals surface area (Å²) in [6.07, 6.45) is 2.10. The maximum atomic E-state index is 11.8. The molecule has 16 heteroatoms. The van der Waals surface area contributed by atoms with Crippen LogP contribution < -0.4 is 50.3 Å². The first-order valence-electron chi connectivity index (χ1n) is 14.9. The molecule has 0 unspecified atom stereocenters. The Morgan fingerprint density at radius 1 is 0.731 bits per heavy atom. The Bertz CT molecular complexity index is 2410. The van der Waals surface area contributed by atoms with Crippen LogP contribution in [0.3, 0.4) is 0 Å². The van der Waals surface area contributed by atoms with Gasteiger partial charge in [-0.15, -0.1) is 0 Å². The van der Waals surface area contributed by atoms with Gasteiger partial charge < -0.3 is 30.1 Å². The molecule has 4 aromatic heterocycles. The van der Waals surface area contributed by atoms with Gasteiger partial charge in [-0.3, -0.25) is 0 Å². The van der Waals surface area contributed by atoms with E-state index in [4.69, 9.17) is 35.4 Å². The van der Waals surface area contributed by atoms with Crippen molar-refractivity contribution in [2.24, 2.45) is 0 Å². The van der Waals surface area contributed by atoms with Crippen LogP contribution in [0.25, 0.3) is 22.2 Å². The number of nitrogens with zero attached hydrogens (tertiary/aromatic N) is 6. The smallest absolute Gasteiger partial charge is 0.512 e. The third kappa shape index (κ3) is 10.8. The van der Waals surface area contributed by atoms with Crippen molar-refractivity contribution in [1.82, 2.24) is 19.9 Å². The van der Waals surface area contributed by atoms with Crippen LogP contribution >= 0.6 is 0 Å². The second-order valence-corrected chi connectivity index (χ2v) is 12.3. The van der Waals surface area contributed by atoms with E-state index in [1.54, 1.807) is 0 Å². The first-order chi connectivity index (χ1) is 24.1. The van der Waals surface area contributed by atoms with Crippen molar-refractivity contribution in [1.29, 1.82) is 10.5 Å². The molecule has 0 saturated carbocycles. The fourth-order valence-corrected chi connectivity index (χ4v) is 5.13. The Balaban J connectivity index is 0.000000332. The van der Waals surface area contributed by atoms with Crippen molar-refractivity contribution >= 4 is 32.0 Å². The molecular weight excluding hydrogens is 699 g/mol. The van der Waals surface area contributed by atoms with Crippen LogP contribution in [0.15, 0.2) is 96.4 Å². The van der Waals surface area contributed by atoms with Crippen molar-refractivity contribution < 1.29 is 56.3 Å². The molecule has 0 saturated heterocycles. The molecular formula is C36H33N6NaO8S. The molecule has 6 rings (SSSR count). The summed E-state index contributed by atoms with van der Waals surface area (Å²) < 4.78 is 45.4. The minimum Gasteiger partial charge on any atom is -0.512 e. The minimum absolute atomic E-state index is 0. The first-order valence-corrected chi connectivity index (χ1v) is 16.8. The summed E-state index contributed by atoms with van der Waals surface area (Å²) in [5.74, 6) is 0.225. The van der Waals surface area contributed by atoms with Crippen LogP contribution in [0.1, 0.15) is 49.4 Å². The topological polar surface area (TPSA) is 212 Å². The molecule has 0 spiro atoms. The Morgan fingerprint density at radius 2 is 1.15 bits per heavy atom. The number of aryl methyl sites for hydroxylation is 2. The van der Waals surface area contributed by atoms with E-state index in [2.05, 4.69) is 19.9 Å². The van der Waals surface area contributed by atoms with E-state index in [1.165, 1.54) is 12.1 Å². The summed E-state index contributed by atoms with van der Waals surface area (Å²) >= 11 is 0. The molecule has 0 N–H and O–H groups in total. The zero-order chi connectivity index (χ0) is 36.3. The van der Waals surface area contributed by atoms with Gasteiger partial charge in [0.2, 0.25) is 38.8 Å². The maximum absolute atomic E-state index is 11.8. The molecule has 0 aliphatic carbocycles. The van der Waals surface area contributed by atoms with Crippen LogP contribution in [-0.2, 0) is 35.9 Å². The molecule has 0 atom stereocenters. The fourth-order valence-electron chi connectivity index (χ4n) is 4.63. The average Bonchev–Trinajstić information content (AvgIpc) is 3.13. The van der Waals surface area contributed by atoms with Gasteiger partial charge in [-0.05, 0) is 35.1 Å². The zero-order valence-electron chi connectivity index (χ0n) is 28.1. The normalized spacial score (nSPS) is 10.2. The summed E-state index contributed by atoms with van der Waals surface area (Å²) in [6.45, 7) is 9.01. The summed E-state index contributed by atoms with van der Waals surface area (Å²) in [7, 11) is -3.70. The zero-order valence-corrected chi connectivity index (χ0v) is 30.9. The number of ether oxygens (including phenoxy) is 2. The van der Waals surface area contributed by atoms with E-state index in [-0.39, 0.29) is 72.6 Å². The predicted molar refractivity (Wildman–Crippen MR) is 186 cm³/mol. The Hall–Kier alpha value is -5.45. The van der Waals surface area contributed by atoms with Crippen molar-refractivity contribution in [2.45, 2.75) is 52.5 Å². The SMILES string of the molecule is C.CCc1cc(=O)oc2nc(C#N)nc(OCc3ccccc3)c12.CCc1cc(=O)oc2nc(S(C)(=O)=O)nc(OCc3ccccc3)c12.[C-]#N.[Na+]. The monoisotopic (exact) mass is 732 g/mol. The molecule has 52 heavy (non-hydrogen) atoms. The van der Waals surface area contributed by atoms with Gasteiger partial charge in [0.05, 0.1) is 0 Å². The van der Waals surface area contributed by atoms with E-state index in [1.807, 2.05) is 80.6 Å². The van der Waals surface area contributed by atoms with Gasteiger partial charge in [0, 0.05) is 18.4 Å². The number of hydrogen-bond donors (Lipinski definition) is 0. The first kappa shape index (κ1) is 42.7. The molecule has 0 aliphatic rings. The van der Waals surface area contributed by atoms with E-state index >= 15 is 0 Å². The summed E-state index contributed by atoms with van der Waals surface area (Å²) in [5, 5.41) is 15.8. The Kier molecular flexibility index (Phi) is 16.3. The second-order valence-electron chi connectivity index (χ2n) is 10.3. The molecule has 0 aliphatic heterocycles. The summed E-state index contributed by atoms with van der Waals surface area (Å²) in [6, 6.07) is 23.6. The van der Waals surface area contributed by atoms with Crippen LogP contribution in [0.5, 0.6) is 11.8 Å².